The summed E-state index contributed by atoms with van der Waals surface area (Å²) in [4.78, 5) is 26.0. The third-order valence-corrected chi connectivity index (χ3v) is 5.67. The number of piperazine rings is 1. The van der Waals surface area contributed by atoms with Crippen LogP contribution in [0, 0.1) is 24.2 Å². The lowest BCUT2D eigenvalue weighted by Gasteiger charge is -2.36. The van der Waals surface area contributed by atoms with Crippen LogP contribution in [0.25, 0.3) is 0 Å². The first-order valence-electron chi connectivity index (χ1n) is 9.60. The molecule has 0 bridgehead atoms. The first-order chi connectivity index (χ1) is 13.5. The van der Waals surface area contributed by atoms with Gasteiger partial charge < -0.3 is 9.80 Å². The Morgan fingerprint density at radius 1 is 1.18 bits per heavy atom. The smallest absolute Gasteiger partial charge is 0.230 e. The van der Waals surface area contributed by atoms with Gasteiger partial charge in [0.05, 0.1) is 5.92 Å². The summed E-state index contributed by atoms with van der Waals surface area (Å²) in [7, 11) is 0. The zero-order valence-corrected chi connectivity index (χ0v) is 16.6. The van der Waals surface area contributed by atoms with Crippen LogP contribution in [0.15, 0.2) is 30.3 Å². The van der Waals surface area contributed by atoms with Gasteiger partial charge >= 0.3 is 0 Å². The number of anilines is 1. The molecule has 1 aliphatic heterocycles. The van der Waals surface area contributed by atoms with Gasteiger partial charge in [0.15, 0.2) is 0 Å². The Morgan fingerprint density at radius 3 is 2.46 bits per heavy atom. The van der Waals surface area contributed by atoms with Crippen molar-refractivity contribution in [2.24, 2.45) is 5.92 Å². The van der Waals surface area contributed by atoms with E-state index in [9.17, 15) is 4.79 Å². The molecule has 1 amide bonds. The SMILES string of the molecule is Cc1cc(C#N)nc(N2CCN(C(=O)C(c3ccc(Cl)cc3)C3CC3)CC2)n1. The van der Waals surface area contributed by atoms with Gasteiger partial charge in [-0.15, -0.1) is 0 Å². The van der Waals surface area contributed by atoms with Gasteiger partial charge in [-0.3, -0.25) is 4.79 Å². The number of carbonyl (C=O) groups is 1. The maximum absolute atomic E-state index is 13.3. The second-order valence-electron chi connectivity index (χ2n) is 7.49. The predicted octanol–water partition coefficient (Wildman–Crippen LogP) is 3.15. The third-order valence-electron chi connectivity index (χ3n) is 5.42. The maximum Gasteiger partial charge on any atom is 0.230 e. The van der Waals surface area contributed by atoms with Crippen LogP contribution < -0.4 is 4.90 Å². The fourth-order valence-corrected chi connectivity index (χ4v) is 3.92. The molecule has 1 aliphatic carbocycles. The van der Waals surface area contributed by atoms with Gasteiger partial charge in [-0.05, 0) is 49.4 Å². The van der Waals surface area contributed by atoms with Crippen LogP contribution in [0.5, 0.6) is 0 Å². The summed E-state index contributed by atoms with van der Waals surface area (Å²) in [6, 6.07) is 11.4. The Labute approximate surface area is 169 Å². The van der Waals surface area contributed by atoms with Crippen LogP contribution in [-0.2, 0) is 4.79 Å². The van der Waals surface area contributed by atoms with Crippen molar-refractivity contribution in [3.05, 3.63) is 52.3 Å². The molecule has 7 heteroatoms. The minimum Gasteiger partial charge on any atom is -0.339 e. The molecule has 28 heavy (non-hydrogen) atoms. The second-order valence-corrected chi connectivity index (χ2v) is 7.92. The van der Waals surface area contributed by atoms with Crippen LogP contribution in [0.1, 0.15) is 35.7 Å². The van der Waals surface area contributed by atoms with E-state index in [0.29, 0.717) is 48.8 Å². The number of carbonyl (C=O) groups excluding carboxylic acids is 1. The summed E-state index contributed by atoms with van der Waals surface area (Å²) in [5.41, 5.74) is 2.20. The molecule has 2 fully saturated rings. The highest BCUT2D eigenvalue weighted by molar-refractivity contribution is 6.30. The largest absolute Gasteiger partial charge is 0.339 e. The highest BCUT2D eigenvalue weighted by atomic mass is 35.5. The van der Waals surface area contributed by atoms with E-state index in [2.05, 4.69) is 16.0 Å². The minimum absolute atomic E-state index is 0.0794. The quantitative estimate of drug-likeness (QED) is 0.795. The van der Waals surface area contributed by atoms with Crippen molar-refractivity contribution in [2.45, 2.75) is 25.7 Å². The van der Waals surface area contributed by atoms with Crippen LogP contribution in [0.2, 0.25) is 5.02 Å². The number of nitrogens with zero attached hydrogens (tertiary/aromatic N) is 5. The van der Waals surface area contributed by atoms with Gasteiger partial charge in [-0.1, -0.05) is 23.7 Å². The fourth-order valence-electron chi connectivity index (χ4n) is 3.79. The van der Waals surface area contributed by atoms with Crippen LogP contribution in [0.3, 0.4) is 0 Å². The summed E-state index contributed by atoms with van der Waals surface area (Å²) < 4.78 is 0. The molecule has 144 valence electrons. The predicted molar refractivity (Wildman–Crippen MR) is 107 cm³/mol. The van der Waals surface area contributed by atoms with Crippen molar-refractivity contribution in [2.75, 3.05) is 31.1 Å². The monoisotopic (exact) mass is 395 g/mol. The summed E-state index contributed by atoms with van der Waals surface area (Å²) in [5, 5.41) is 9.81. The van der Waals surface area contributed by atoms with E-state index in [-0.39, 0.29) is 11.8 Å². The number of aromatic nitrogens is 2. The molecule has 0 N–H and O–H groups in total. The molecular formula is C21H22ClN5O. The molecule has 0 spiro atoms. The average Bonchev–Trinajstić information content (AvgIpc) is 3.54. The van der Waals surface area contributed by atoms with Gasteiger partial charge in [0.1, 0.15) is 11.8 Å². The number of benzene rings is 1. The molecule has 1 aromatic carbocycles. The molecule has 0 radical (unpaired) electrons. The van der Waals surface area contributed by atoms with E-state index in [4.69, 9.17) is 16.9 Å². The van der Waals surface area contributed by atoms with E-state index >= 15 is 0 Å². The Bertz CT molecular complexity index is 911. The molecular weight excluding hydrogens is 374 g/mol. The zero-order chi connectivity index (χ0) is 19.7. The van der Waals surface area contributed by atoms with Crippen molar-refractivity contribution in [3.8, 4) is 6.07 Å². The Kier molecular flexibility index (Phi) is 5.19. The van der Waals surface area contributed by atoms with Gasteiger partial charge in [0.25, 0.3) is 0 Å². The molecule has 1 atom stereocenters. The molecule has 1 saturated carbocycles. The van der Waals surface area contributed by atoms with Crippen LogP contribution in [0.4, 0.5) is 5.95 Å². The van der Waals surface area contributed by atoms with Crippen molar-refractivity contribution < 1.29 is 4.79 Å². The summed E-state index contributed by atoms with van der Waals surface area (Å²) in [6.07, 6.45) is 2.21. The van der Waals surface area contributed by atoms with Gasteiger partial charge in [0.2, 0.25) is 11.9 Å². The molecule has 2 heterocycles. The molecule has 2 aliphatic rings. The van der Waals surface area contributed by atoms with Crippen molar-refractivity contribution in [1.82, 2.24) is 14.9 Å². The summed E-state index contributed by atoms with van der Waals surface area (Å²) in [5.74, 6) is 1.13. The third kappa shape index (κ3) is 3.95. The molecule has 1 unspecified atom stereocenters. The van der Waals surface area contributed by atoms with E-state index in [1.807, 2.05) is 41.0 Å². The summed E-state index contributed by atoms with van der Waals surface area (Å²) in [6.45, 7) is 4.46. The number of amides is 1. The normalized spacial score (nSPS) is 17.9. The van der Waals surface area contributed by atoms with Crippen LogP contribution in [-0.4, -0.2) is 47.0 Å². The van der Waals surface area contributed by atoms with E-state index in [1.165, 1.54) is 0 Å². The maximum atomic E-state index is 13.3. The summed E-state index contributed by atoms with van der Waals surface area (Å²) >= 11 is 6.01. The number of hydrogen-bond donors (Lipinski definition) is 0. The molecule has 1 aromatic heterocycles. The molecule has 6 nitrogen and oxygen atoms in total. The highest BCUT2D eigenvalue weighted by Crippen LogP contribution is 2.44. The number of aryl methyl sites for hydroxylation is 1. The first kappa shape index (κ1) is 18.7. The lowest BCUT2D eigenvalue weighted by atomic mass is 9.92. The van der Waals surface area contributed by atoms with E-state index in [1.54, 1.807) is 6.07 Å². The van der Waals surface area contributed by atoms with E-state index < -0.39 is 0 Å². The number of rotatable bonds is 4. The fraction of sp³-hybridized carbons (Fsp3) is 0.429. The van der Waals surface area contributed by atoms with Crippen molar-refractivity contribution >= 4 is 23.5 Å². The van der Waals surface area contributed by atoms with Gasteiger partial charge in [-0.25, -0.2) is 9.97 Å². The average molecular weight is 396 g/mol. The molecule has 4 rings (SSSR count). The van der Waals surface area contributed by atoms with Crippen LogP contribution >= 0.6 is 11.6 Å². The first-order valence-corrected chi connectivity index (χ1v) is 9.98. The Balaban J connectivity index is 1.45. The van der Waals surface area contributed by atoms with Gasteiger partial charge in [-0.2, -0.15) is 5.26 Å². The topological polar surface area (TPSA) is 73.1 Å². The number of hydrogen-bond acceptors (Lipinski definition) is 5. The molecule has 2 aromatic rings. The number of nitriles is 1. The minimum atomic E-state index is -0.0794. The standard InChI is InChI=1S/C21H22ClN5O/c1-14-12-18(13-23)25-21(24-14)27-10-8-26(9-11-27)20(28)19(15-2-3-15)16-4-6-17(22)7-5-16/h4-7,12,15,19H,2-3,8-11H2,1H3. The van der Waals surface area contributed by atoms with Crippen molar-refractivity contribution in [3.63, 3.8) is 0 Å². The Hall–Kier alpha value is -2.65. The second kappa shape index (κ2) is 7.76. The Morgan fingerprint density at radius 2 is 1.86 bits per heavy atom. The highest BCUT2D eigenvalue weighted by Gasteiger charge is 2.40. The van der Waals surface area contributed by atoms with Crippen molar-refractivity contribution in [1.29, 1.82) is 5.26 Å². The molecule has 1 saturated heterocycles. The number of halogens is 1. The zero-order valence-electron chi connectivity index (χ0n) is 15.8. The lowest BCUT2D eigenvalue weighted by molar-refractivity contribution is -0.133. The lowest BCUT2D eigenvalue weighted by Crippen LogP contribution is -2.50. The van der Waals surface area contributed by atoms with E-state index in [0.717, 1.165) is 24.1 Å². The van der Waals surface area contributed by atoms with Gasteiger partial charge in [0, 0.05) is 36.9 Å².